The predicted octanol–water partition coefficient (Wildman–Crippen LogP) is 2.09. The fourth-order valence-corrected chi connectivity index (χ4v) is 2.61. The second-order valence-corrected chi connectivity index (χ2v) is 5.52. The van der Waals surface area contributed by atoms with Crippen molar-refractivity contribution in [3.63, 3.8) is 0 Å². The molecule has 1 saturated heterocycles. The lowest BCUT2D eigenvalue weighted by Gasteiger charge is -2.25. The van der Waals surface area contributed by atoms with Gasteiger partial charge in [-0.2, -0.15) is 0 Å². The van der Waals surface area contributed by atoms with Gasteiger partial charge in [0.15, 0.2) is 0 Å². The maximum Gasteiger partial charge on any atom is 0.293 e. The SMILES string of the molecule is CC1CCCCCN1C(=O)c1n[nH]c(C2CC2)n1. The highest BCUT2D eigenvalue weighted by Gasteiger charge is 2.30. The Bertz CT molecular complexity index is 438. The summed E-state index contributed by atoms with van der Waals surface area (Å²) in [6.45, 7) is 2.96. The molecule has 1 unspecified atom stereocenters. The summed E-state index contributed by atoms with van der Waals surface area (Å²) in [5, 5.41) is 7.00. The second kappa shape index (κ2) is 4.71. The van der Waals surface area contributed by atoms with Crippen LogP contribution in [0.15, 0.2) is 0 Å². The predicted molar refractivity (Wildman–Crippen MR) is 67.3 cm³/mol. The minimum Gasteiger partial charge on any atom is -0.333 e. The third-order valence-corrected chi connectivity index (χ3v) is 3.97. The summed E-state index contributed by atoms with van der Waals surface area (Å²) < 4.78 is 0. The number of carbonyl (C=O) groups excluding carboxylic acids is 1. The Labute approximate surface area is 107 Å². The van der Waals surface area contributed by atoms with Gasteiger partial charge in [-0.25, -0.2) is 4.98 Å². The van der Waals surface area contributed by atoms with Crippen LogP contribution in [0.2, 0.25) is 0 Å². The molecule has 1 saturated carbocycles. The van der Waals surface area contributed by atoms with Crippen molar-refractivity contribution < 1.29 is 4.79 Å². The van der Waals surface area contributed by atoms with Crippen LogP contribution >= 0.6 is 0 Å². The molecule has 1 amide bonds. The van der Waals surface area contributed by atoms with E-state index in [1.807, 2.05) is 4.90 Å². The Hall–Kier alpha value is -1.39. The lowest BCUT2D eigenvalue weighted by atomic mass is 10.1. The molecule has 2 fully saturated rings. The van der Waals surface area contributed by atoms with Gasteiger partial charge in [0, 0.05) is 18.5 Å². The molecular weight excluding hydrogens is 228 g/mol. The first-order chi connectivity index (χ1) is 8.75. The van der Waals surface area contributed by atoms with E-state index < -0.39 is 0 Å². The van der Waals surface area contributed by atoms with E-state index in [1.54, 1.807) is 0 Å². The summed E-state index contributed by atoms with van der Waals surface area (Å²) in [6, 6.07) is 0.308. The van der Waals surface area contributed by atoms with Gasteiger partial charge < -0.3 is 4.90 Å². The number of H-pyrrole nitrogens is 1. The van der Waals surface area contributed by atoms with Crippen LogP contribution in [0.25, 0.3) is 0 Å². The van der Waals surface area contributed by atoms with Crippen molar-refractivity contribution in [2.45, 2.75) is 57.4 Å². The summed E-state index contributed by atoms with van der Waals surface area (Å²) in [6.07, 6.45) is 6.95. The van der Waals surface area contributed by atoms with Crippen molar-refractivity contribution in [1.82, 2.24) is 20.1 Å². The van der Waals surface area contributed by atoms with Gasteiger partial charge in [0.2, 0.25) is 5.82 Å². The zero-order chi connectivity index (χ0) is 12.5. The van der Waals surface area contributed by atoms with E-state index in [1.165, 1.54) is 25.7 Å². The lowest BCUT2D eigenvalue weighted by Crippen LogP contribution is -2.38. The van der Waals surface area contributed by atoms with Gasteiger partial charge in [-0.3, -0.25) is 9.89 Å². The van der Waals surface area contributed by atoms with Crippen LogP contribution < -0.4 is 0 Å². The number of carbonyl (C=O) groups is 1. The largest absolute Gasteiger partial charge is 0.333 e. The summed E-state index contributed by atoms with van der Waals surface area (Å²) in [7, 11) is 0. The topological polar surface area (TPSA) is 61.9 Å². The van der Waals surface area contributed by atoms with Gasteiger partial charge in [0.1, 0.15) is 5.82 Å². The van der Waals surface area contributed by atoms with Gasteiger partial charge in [0.25, 0.3) is 5.91 Å². The highest BCUT2D eigenvalue weighted by Crippen LogP contribution is 2.37. The van der Waals surface area contributed by atoms with Crippen molar-refractivity contribution in [3.8, 4) is 0 Å². The number of hydrogen-bond donors (Lipinski definition) is 1. The number of hydrogen-bond acceptors (Lipinski definition) is 3. The Morgan fingerprint density at radius 2 is 2.11 bits per heavy atom. The van der Waals surface area contributed by atoms with Crippen molar-refractivity contribution >= 4 is 5.91 Å². The molecule has 18 heavy (non-hydrogen) atoms. The molecule has 0 bridgehead atoms. The van der Waals surface area contributed by atoms with E-state index >= 15 is 0 Å². The second-order valence-electron chi connectivity index (χ2n) is 5.52. The number of nitrogens with zero attached hydrogens (tertiary/aromatic N) is 3. The molecule has 3 rings (SSSR count). The summed E-state index contributed by atoms with van der Waals surface area (Å²) in [5.74, 6) is 1.75. The van der Waals surface area contributed by atoms with Crippen LogP contribution in [-0.4, -0.2) is 38.6 Å². The van der Waals surface area contributed by atoms with Crippen LogP contribution in [0.1, 0.15) is 67.8 Å². The molecule has 0 spiro atoms. The highest BCUT2D eigenvalue weighted by molar-refractivity contribution is 5.90. The van der Waals surface area contributed by atoms with Crippen molar-refractivity contribution in [2.24, 2.45) is 0 Å². The van der Waals surface area contributed by atoms with Gasteiger partial charge in [-0.1, -0.05) is 12.8 Å². The van der Waals surface area contributed by atoms with Gasteiger partial charge in [-0.05, 0) is 32.6 Å². The minimum atomic E-state index is -0.00690. The summed E-state index contributed by atoms with van der Waals surface area (Å²) in [4.78, 5) is 18.7. The fourth-order valence-electron chi connectivity index (χ4n) is 2.61. The van der Waals surface area contributed by atoms with Crippen LogP contribution in [0, 0.1) is 0 Å². The maximum absolute atomic E-state index is 12.4. The number of rotatable bonds is 2. The van der Waals surface area contributed by atoms with E-state index in [0.717, 1.165) is 25.2 Å². The Kier molecular flexibility index (Phi) is 3.06. The van der Waals surface area contributed by atoms with Crippen molar-refractivity contribution in [2.75, 3.05) is 6.54 Å². The molecule has 1 aliphatic carbocycles. The van der Waals surface area contributed by atoms with Gasteiger partial charge in [-0.15, -0.1) is 5.10 Å². The zero-order valence-corrected chi connectivity index (χ0v) is 10.9. The van der Waals surface area contributed by atoms with E-state index in [9.17, 15) is 4.79 Å². The Morgan fingerprint density at radius 3 is 2.89 bits per heavy atom. The van der Waals surface area contributed by atoms with Crippen molar-refractivity contribution in [3.05, 3.63) is 11.6 Å². The molecule has 0 radical (unpaired) electrons. The average molecular weight is 248 g/mol. The van der Waals surface area contributed by atoms with Gasteiger partial charge in [0.05, 0.1) is 0 Å². The monoisotopic (exact) mass is 248 g/mol. The molecule has 5 nitrogen and oxygen atoms in total. The first kappa shape index (κ1) is 11.7. The standard InChI is InChI=1S/C13H20N4O/c1-9-5-3-2-4-8-17(9)13(18)12-14-11(15-16-12)10-6-7-10/h9-10H,2-8H2,1H3,(H,14,15,16). The fraction of sp³-hybridized carbons (Fsp3) is 0.769. The molecule has 1 atom stereocenters. The highest BCUT2D eigenvalue weighted by atomic mass is 16.2. The summed E-state index contributed by atoms with van der Waals surface area (Å²) >= 11 is 0. The molecule has 5 heteroatoms. The van der Waals surface area contributed by atoms with E-state index in [2.05, 4.69) is 22.1 Å². The normalized spacial score (nSPS) is 24.9. The molecular formula is C13H20N4O. The summed E-state index contributed by atoms with van der Waals surface area (Å²) in [5.41, 5.74) is 0. The molecule has 1 aliphatic heterocycles. The molecule has 2 heterocycles. The first-order valence-corrected chi connectivity index (χ1v) is 6.99. The zero-order valence-electron chi connectivity index (χ0n) is 10.9. The Balaban J connectivity index is 1.74. The molecule has 1 aromatic heterocycles. The third-order valence-electron chi connectivity index (χ3n) is 3.97. The number of aromatic amines is 1. The van der Waals surface area contributed by atoms with Crippen LogP contribution in [0.5, 0.6) is 0 Å². The minimum absolute atomic E-state index is 0.00690. The third kappa shape index (κ3) is 2.26. The lowest BCUT2D eigenvalue weighted by molar-refractivity contribution is 0.0685. The van der Waals surface area contributed by atoms with E-state index in [-0.39, 0.29) is 5.91 Å². The number of aromatic nitrogens is 3. The van der Waals surface area contributed by atoms with E-state index in [4.69, 9.17) is 0 Å². The van der Waals surface area contributed by atoms with Crippen molar-refractivity contribution in [1.29, 1.82) is 0 Å². The van der Waals surface area contributed by atoms with Crippen LogP contribution in [-0.2, 0) is 0 Å². The first-order valence-electron chi connectivity index (χ1n) is 6.99. The number of nitrogens with one attached hydrogen (secondary N) is 1. The molecule has 1 N–H and O–H groups in total. The average Bonchev–Trinajstić information content (AvgIpc) is 3.14. The van der Waals surface area contributed by atoms with Gasteiger partial charge >= 0.3 is 0 Å². The molecule has 98 valence electrons. The quantitative estimate of drug-likeness (QED) is 0.871. The van der Waals surface area contributed by atoms with Crippen LogP contribution in [0.3, 0.4) is 0 Å². The number of likely N-dealkylation sites (tertiary alicyclic amines) is 1. The number of amides is 1. The van der Waals surface area contributed by atoms with Crippen LogP contribution in [0.4, 0.5) is 0 Å². The van der Waals surface area contributed by atoms with E-state index in [0.29, 0.717) is 17.8 Å². The molecule has 1 aromatic rings. The molecule has 2 aliphatic rings. The Morgan fingerprint density at radius 1 is 1.28 bits per heavy atom. The molecule has 0 aromatic carbocycles. The smallest absolute Gasteiger partial charge is 0.293 e. The maximum atomic E-state index is 12.4.